The third-order valence-electron chi connectivity index (χ3n) is 4.85. The molecule has 0 aromatic carbocycles. The summed E-state index contributed by atoms with van der Waals surface area (Å²) in [4.78, 5) is 2.48. The molecule has 88 valence electrons. The van der Waals surface area contributed by atoms with Crippen LogP contribution in [0.5, 0.6) is 0 Å². The van der Waals surface area contributed by atoms with Crippen LogP contribution in [0.1, 0.15) is 44.9 Å². The molecule has 2 N–H and O–H groups in total. The smallest absolute Gasteiger partial charge is 0.00164 e. The first-order valence-electron chi connectivity index (χ1n) is 6.65. The fourth-order valence-corrected chi connectivity index (χ4v) is 3.75. The molecule has 2 nitrogen and oxygen atoms in total. The molecule has 0 atom stereocenters. The highest BCUT2D eigenvalue weighted by Gasteiger charge is 2.40. The van der Waals surface area contributed by atoms with Crippen molar-refractivity contribution in [2.45, 2.75) is 44.9 Å². The molecule has 2 heteroatoms. The van der Waals surface area contributed by atoms with Crippen LogP contribution in [0, 0.1) is 11.3 Å². The molecule has 1 aliphatic heterocycles. The van der Waals surface area contributed by atoms with E-state index in [9.17, 15) is 0 Å². The number of hydrogen-bond acceptors (Lipinski definition) is 2. The molecule has 0 radical (unpaired) electrons. The van der Waals surface area contributed by atoms with Crippen LogP contribution in [0.2, 0.25) is 0 Å². The summed E-state index contributed by atoms with van der Waals surface area (Å²) in [6, 6.07) is 0. The van der Waals surface area contributed by atoms with E-state index >= 15 is 0 Å². The van der Waals surface area contributed by atoms with E-state index < -0.39 is 0 Å². The lowest BCUT2D eigenvalue weighted by molar-refractivity contribution is 0.0539. The number of nitrogens with zero attached hydrogens (tertiary/aromatic N) is 1. The molecule has 0 aromatic rings. The molecule has 1 saturated heterocycles. The maximum absolute atomic E-state index is 5.83. The third kappa shape index (κ3) is 2.36. The van der Waals surface area contributed by atoms with Crippen LogP contribution in [0.25, 0.3) is 0 Å². The number of piperidine rings is 1. The average Bonchev–Trinajstić information content (AvgIpc) is 2.76. The van der Waals surface area contributed by atoms with Gasteiger partial charge < -0.3 is 10.6 Å². The Hall–Kier alpha value is -0.0800. The Morgan fingerprint density at radius 1 is 1.20 bits per heavy atom. The Morgan fingerprint density at radius 3 is 2.33 bits per heavy atom. The van der Waals surface area contributed by atoms with Gasteiger partial charge in [-0.1, -0.05) is 12.8 Å². The molecule has 0 aromatic heterocycles. The summed E-state index contributed by atoms with van der Waals surface area (Å²) < 4.78 is 0. The zero-order chi connectivity index (χ0) is 10.7. The number of rotatable bonds is 3. The molecular weight excluding hydrogens is 184 g/mol. The van der Waals surface area contributed by atoms with Crippen LogP contribution in [-0.2, 0) is 0 Å². The number of likely N-dealkylation sites (tertiary alicyclic amines) is 1. The highest BCUT2D eigenvalue weighted by molar-refractivity contribution is 4.92. The number of nitrogens with two attached hydrogens (primary N) is 1. The second kappa shape index (κ2) is 4.84. The first kappa shape index (κ1) is 11.4. The minimum absolute atomic E-state index is 0.623. The van der Waals surface area contributed by atoms with Gasteiger partial charge in [0.25, 0.3) is 0 Å². The largest absolute Gasteiger partial charge is 0.330 e. The Balaban J connectivity index is 2.02. The topological polar surface area (TPSA) is 29.3 Å². The molecular formula is C13H26N2. The van der Waals surface area contributed by atoms with Gasteiger partial charge in [-0.25, -0.2) is 0 Å². The predicted octanol–water partition coefficient (Wildman–Crippen LogP) is 2.24. The lowest BCUT2D eigenvalue weighted by atomic mass is 9.66. The summed E-state index contributed by atoms with van der Waals surface area (Å²) in [7, 11) is 2.25. The Labute approximate surface area is 94.2 Å². The Kier molecular flexibility index (Phi) is 3.68. The van der Waals surface area contributed by atoms with E-state index in [1.54, 1.807) is 0 Å². The monoisotopic (exact) mass is 210 g/mol. The first-order chi connectivity index (χ1) is 7.27. The van der Waals surface area contributed by atoms with Crippen LogP contribution in [-0.4, -0.2) is 31.6 Å². The highest BCUT2D eigenvalue weighted by Crippen LogP contribution is 2.48. The summed E-state index contributed by atoms with van der Waals surface area (Å²) in [5.41, 5.74) is 6.46. The fourth-order valence-electron chi connectivity index (χ4n) is 3.75. The van der Waals surface area contributed by atoms with Crippen LogP contribution in [0.4, 0.5) is 0 Å². The van der Waals surface area contributed by atoms with E-state index in [1.165, 1.54) is 58.0 Å². The van der Waals surface area contributed by atoms with Gasteiger partial charge in [0, 0.05) is 0 Å². The van der Waals surface area contributed by atoms with Crippen molar-refractivity contribution in [3.8, 4) is 0 Å². The van der Waals surface area contributed by atoms with Gasteiger partial charge in [-0.05, 0) is 70.1 Å². The molecule has 2 aliphatic rings. The summed E-state index contributed by atoms with van der Waals surface area (Å²) in [5, 5.41) is 0. The molecule has 2 rings (SSSR count). The normalized spacial score (nSPS) is 28.4. The van der Waals surface area contributed by atoms with Crippen molar-refractivity contribution in [3.63, 3.8) is 0 Å². The van der Waals surface area contributed by atoms with Gasteiger partial charge in [-0.15, -0.1) is 0 Å². The van der Waals surface area contributed by atoms with Crippen LogP contribution >= 0.6 is 0 Å². The zero-order valence-electron chi connectivity index (χ0n) is 10.2. The van der Waals surface area contributed by atoms with Gasteiger partial charge in [-0.2, -0.15) is 0 Å². The summed E-state index contributed by atoms with van der Waals surface area (Å²) >= 11 is 0. The lowest BCUT2D eigenvalue weighted by Crippen LogP contribution is -2.43. The average molecular weight is 210 g/mol. The van der Waals surface area contributed by atoms with Crippen molar-refractivity contribution >= 4 is 0 Å². The van der Waals surface area contributed by atoms with Crippen molar-refractivity contribution in [1.29, 1.82) is 0 Å². The van der Waals surface area contributed by atoms with E-state index in [2.05, 4.69) is 11.9 Å². The van der Waals surface area contributed by atoms with Crippen LogP contribution in [0.15, 0.2) is 0 Å². The van der Waals surface area contributed by atoms with E-state index in [0.717, 1.165) is 12.5 Å². The standard InChI is InChI=1S/C13H26N2/c1-15-10-7-13(6-9-14,8-11-15)12-4-2-3-5-12/h12H,2-11,14H2,1H3. The van der Waals surface area contributed by atoms with Crippen molar-refractivity contribution in [2.24, 2.45) is 17.1 Å². The fraction of sp³-hybridized carbons (Fsp3) is 1.00. The SMILES string of the molecule is CN1CCC(CCN)(C2CCCC2)CC1. The van der Waals surface area contributed by atoms with Gasteiger partial charge in [-0.3, -0.25) is 0 Å². The minimum Gasteiger partial charge on any atom is -0.330 e. The van der Waals surface area contributed by atoms with Gasteiger partial charge in [0.1, 0.15) is 0 Å². The summed E-state index contributed by atoms with van der Waals surface area (Å²) in [5.74, 6) is 0.995. The predicted molar refractivity (Wildman–Crippen MR) is 64.8 cm³/mol. The summed E-state index contributed by atoms with van der Waals surface area (Å²) in [6.07, 6.45) is 9.94. The van der Waals surface area contributed by atoms with E-state index in [-0.39, 0.29) is 0 Å². The molecule has 1 saturated carbocycles. The van der Waals surface area contributed by atoms with E-state index in [4.69, 9.17) is 5.73 Å². The second-order valence-corrected chi connectivity index (χ2v) is 5.69. The van der Waals surface area contributed by atoms with Crippen LogP contribution < -0.4 is 5.73 Å². The quantitative estimate of drug-likeness (QED) is 0.774. The summed E-state index contributed by atoms with van der Waals surface area (Å²) in [6.45, 7) is 3.47. The zero-order valence-corrected chi connectivity index (χ0v) is 10.2. The maximum atomic E-state index is 5.83. The van der Waals surface area contributed by atoms with Gasteiger partial charge >= 0.3 is 0 Å². The lowest BCUT2D eigenvalue weighted by Gasteiger charge is -2.45. The van der Waals surface area contributed by atoms with Gasteiger partial charge in [0.2, 0.25) is 0 Å². The van der Waals surface area contributed by atoms with Crippen molar-refractivity contribution < 1.29 is 0 Å². The molecule has 0 amide bonds. The number of hydrogen-bond donors (Lipinski definition) is 1. The minimum atomic E-state index is 0.623. The van der Waals surface area contributed by atoms with Gasteiger partial charge in [0.15, 0.2) is 0 Å². The first-order valence-corrected chi connectivity index (χ1v) is 6.65. The van der Waals surface area contributed by atoms with Crippen molar-refractivity contribution in [1.82, 2.24) is 4.90 Å². The highest BCUT2D eigenvalue weighted by atomic mass is 15.1. The molecule has 1 heterocycles. The Bertz CT molecular complexity index is 189. The maximum Gasteiger partial charge on any atom is -0.00164 e. The van der Waals surface area contributed by atoms with Gasteiger partial charge in [0.05, 0.1) is 0 Å². The molecule has 0 bridgehead atoms. The van der Waals surface area contributed by atoms with E-state index in [0.29, 0.717) is 5.41 Å². The third-order valence-corrected chi connectivity index (χ3v) is 4.85. The molecule has 0 spiro atoms. The van der Waals surface area contributed by atoms with E-state index in [1.807, 2.05) is 0 Å². The molecule has 15 heavy (non-hydrogen) atoms. The molecule has 2 fully saturated rings. The second-order valence-electron chi connectivity index (χ2n) is 5.69. The molecule has 1 aliphatic carbocycles. The Morgan fingerprint density at radius 2 is 1.80 bits per heavy atom. The van der Waals surface area contributed by atoms with Crippen LogP contribution in [0.3, 0.4) is 0 Å². The van der Waals surface area contributed by atoms with Crippen molar-refractivity contribution in [2.75, 3.05) is 26.7 Å². The molecule has 0 unspecified atom stereocenters. The van der Waals surface area contributed by atoms with Crippen molar-refractivity contribution in [3.05, 3.63) is 0 Å².